The van der Waals surface area contributed by atoms with E-state index in [4.69, 9.17) is 4.99 Å². The van der Waals surface area contributed by atoms with Gasteiger partial charge in [0.2, 0.25) is 0 Å². The Morgan fingerprint density at radius 1 is 1.24 bits per heavy atom. The number of hydrogen-bond donors (Lipinski definition) is 0. The van der Waals surface area contributed by atoms with Crippen LogP contribution in [0.1, 0.15) is 49.4 Å². The van der Waals surface area contributed by atoms with Crippen molar-refractivity contribution >= 4 is 17.0 Å². The van der Waals surface area contributed by atoms with E-state index in [1.165, 1.54) is 61.0 Å². The summed E-state index contributed by atoms with van der Waals surface area (Å²) in [7, 11) is 0. The standard InChI is InChI=1S/C18H24N2S/c1-3-4-12-20-14(2)13-21-18(20)19-17-11-7-9-15-8-5-6-10-16(15)17/h7,9,11,13H,3-6,8,10,12H2,1-2H3. The lowest BCUT2D eigenvalue weighted by molar-refractivity contribution is 0.605. The number of fused-ring (bicyclic) bond motifs is 1. The molecular formula is C18H24N2S. The van der Waals surface area contributed by atoms with Crippen LogP contribution >= 0.6 is 11.3 Å². The number of unbranched alkanes of at least 4 members (excludes halogenated alkanes) is 1. The van der Waals surface area contributed by atoms with Gasteiger partial charge in [-0.3, -0.25) is 0 Å². The van der Waals surface area contributed by atoms with Crippen LogP contribution in [-0.2, 0) is 19.4 Å². The summed E-state index contributed by atoms with van der Waals surface area (Å²) < 4.78 is 2.37. The minimum Gasteiger partial charge on any atom is -0.321 e. The first-order chi connectivity index (χ1) is 10.3. The lowest BCUT2D eigenvalue weighted by atomic mass is 9.91. The number of nitrogens with zero attached hydrogens (tertiary/aromatic N) is 2. The fourth-order valence-corrected chi connectivity index (χ4v) is 3.98. The molecule has 0 amide bonds. The average Bonchev–Trinajstić information content (AvgIpc) is 2.86. The van der Waals surface area contributed by atoms with Gasteiger partial charge in [0.25, 0.3) is 0 Å². The van der Waals surface area contributed by atoms with Crippen LogP contribution in [0.15, 0.2) is 28.6 Å². The Kier molecular flexibility index (Phi) is 4.59. The molecule has 0 fully saturated rings. The quantitative estimate of drug-likeness (QED) is 0.774. The van der Waals surface area contributed by atoms with E-state index in [0.29, 0.717) is 0 Å². The molecule has 0 N–H and O–H groups in total. The van der Waals surface area contributed by atoms with Gasteiger partial charge in [0.05, 0.1) is 5.69 Å². The zero-order valence-corrected chi connectivity index (χ0v) is 13.9. The highest BCUT2D eigenvalue weighted by molar-refractivity contribution is 7.07. The minimum atomic E-state index is 1.08. The molecule has 0 aliphatic heterocycles. The summed E-state index contributed by atoms with van der Waals surface area (Å²) in [5.74, 6) is 0. The Bertz CT molecular complexity index is 679. The number of aryl methyl sites for hydroxylation is 2. The summed E-state index contributed by atoms with van der Waals surface area (Å²) in [5.41, 5.74) is 5.52. The maximum absolute atomic E-state index is 5.01. The maximum atomic E-state index is 5.01. The van der Waals surface area contributed by atoms with Crippen molar-refractivity contribution in [3.8, 4) is 0 Å². The first-order valence-electron chi connectivity index (χ1n) is 8.10. The molecule has 0 bridgehead atoms. The van der Waals surface area contributed by atoms with Gasteiger partial charge in [-0.05, 0) is 56.2 Å². The van der Waals surface area contributed by atoms with Crippen molar-refractivity contribution in [1.82, 2.24) is 4.57 Å². The molecule has 0 radical (unpaired) electrons. The molecule has 1 aliphatic carbocycles. The molecule has 1 aromatic heterocycles. The number of hydrogen-bond acceptors (Lipinski definition) is 2. The van der Waals surface area contributed by atoms with Gasteiger partial charge >= 0.3 is 0 Å². The van der Waals surface area contributed by atoms with Gasteiger partial charge in [-0.25, -0.2) is 4.99 Å². The van der Waals surface area contributed by atoms with E-state index in [1.54, 1.807) is 11.3 Å². The van der Waals surface area contributed by atoms with Gasteiger partial charge in [-0.2, -0.15) is 0 Å². The van der Waals surface area contributed by atoms with Crippen LogP contribution in [0, 0.1) is 6.92 Å². The molecule has 2 aromatic rings. The average molecular weight is 300 g/mol. The highest BCUT2D eigenvalue weighted by atomic mass is 32.1. The van der Waals surface area contributed by atoms with Crippen molar-refractivity contribution in [3.63, 3.8) is 0 Å². The second-order valence-corrected chi connectivity index (χ2v) is 6.74. The number of rotatable bonds is 4. The first kappa shape index (κ1) is 14.6. The van der Waals surface area contributed by atoms with Crippen molar-refractivity contribution in [3.05, 3.63) is 45.2 Å². The lowest BCUT2D eigenvalue weighted by Gasteiger charge is -2.17. The van der Waals surface area contributed by atoms with E-state index >= 15 is 0 Å². The monoisotopic (exact) mass is 300 g/mol. The predicted molar refractivity (Wildman–Crippen MR) is 90.3 cm³/mol. The van der Waals surface area contributed by atoms with Gasteiger partial charge in [-0.15, -0.1) is 11.3 Å². The van der Waals surface area contributed by atoms with E-state index in [-0.39, 0.29) is 0 Å². The summed E-state index contributed by atoms with van der Waals surface area (Å²) >= 11 is 1.77. The fraction of sp³-hybridized carbons (Fsp3) is 0.500. The molecule has 112 valence electrons. The maximum Gasteiger partial charge on any atom is 0.190 e. The van der Waals surface area contributed by atoms with E-state index in [1.807, 2.05) is 0 Å². The molecule has 3 rings (SSSR count). The van der Waals surface area contributed by atoms with Crippen molar-refractivity contribution in [1.29, 1.82) is 0 Å². The van der Waals surface area contributed by atoms with Crippen LogP contribution < -0.4 is 4.80 Å². The first-order valence-corrected chi connectivity index (χ1v) is 8.98. The van der Waals surface area contributed by atoms with Gasteiger partial charge in [0.1, 0.15) is 0 Å². The summed E-state index contributed by atoms with van der Waals surface area (Å²) in [6.45, 7) is 5.51. The van der Waals surface area contributed by atoms with Crippen LogP contribution in [0.4, 0.5) is 5.69 Å². The predicted octanol–water partition coefficient (Wildman–Crippen LogP) is 4.77. The van der Waals surface area contributed by atoms with Crippen LogP contribution in [-0.4, -0.2) is 4.57 Å². The van der Waals surface area contributed by atoms with Crippen molar-refractivity contribution in [2.45, 2.75) is 58.9 Å². The highest BCUT2D eigenvalue weighted by Crippen LogP contribution is 2.29. The largest absolute Gasteiger partial charge is 0.321 e. The number of thiazole rings is 1. The number of benzene rings is 1. The summed E-state index contributed by atoms with van der Waals surface area (Å²) in [5, 5.41) is 2.23. The fourth-order valence-electron chi connectivity index (χ4n) is 3.06. The molecule has 2 nitrogen and oxygen atoms in total. The van der Waals surface area contributed by atoms with Crippen LogP contribution in [0.5, 0.6) is 0 Å². The Balaban J connectivity index is 2.03. The highest BCUT2D eigenvalue weighted by Gasteiger charge is 2.12. The SMILES string of the molecule is CCCCn1c(C)csc1=Nc1cccc2c1CCCC2. The second kappa shape index (κ2) is 6.61. The van der Waals surface area contributed by atoms with Gasteiger partial charge < -0.3 is 4.57 Å². The Labute approximate surface area is 131 Å². The van der Waals surface area contributed by atoms with Crippen LogP contribution in [0.25, 0.3) is 0 Å². The molecule has 0 saturated heterocycles. The molecule has 1 heterocycles. The Morgan fingerprint density at radius 3 is 2.95 bits per heavy atom. The topological polar surface area (TPSA) is 17.3 Å². The van der Waals surface area contributed by atoms with E-state index in [9.17, 15) is 0 Å². The van der Waals surface area contributed by atoms with Crippen LogP contribution in [0.2, 0.25) is 0 Å². The van der Waals surface area contributed by atoms with Crippen LogP contribution in [0.3, 0.4) is 0 Å². The molecule has 1 aliphatic rings. The smallest absolute Gasteiger partial charge is 0.190 e. The molecule has 0 spiro atoms. The van der Waals surface area contributed by atoms with Gasteiger partial charge in [0.15, 0.2) is 4.80 Å². The molecule has 0 atom stereocenters. The molecular weight excluding hydrogens is 276 g/mol. The van der Waals surface area contributed by atoms with Crippen molar-refractivity contribution < 1.29 is 0 Å². The zero-order valence-electron chi connectivity index (χ0n) is 13.1. The van der Waals surface area contributed by atoms with E-state index < -0.39 is 0 Å². The van der Waals surface area contributed by atoms with Gasteiger partial charge in [0, 0.05) is 17.6 Å². The third-order valence-corrected chi connectivity index (χ3v) is 5.30. The molecule has 0 saturated carbocycles. The summed E-state index contributed by atoms with van der Waals surface area (Å²) in [6.07, 6.45) is 7.48. The molecule has 3 heteroatoms. The lowest BCUT2D eigenvalue weighted by Crippen LogP contribution is -2.16. The number of aromatic nitrogens is 1. The molecule has 21 heavy (non-hydrogen) atoms. The van der Waals surface area contributed by atoms with Crippen molar-refractivity contribution in [2.75, 3.05) is 0 Å². The third-order valence-electron chi connectivity index (χ3n) is 4.31. The summed E-state index contributed by atoms with van der Waals surface area (Å²) in [6, 6.07) is 6.63. The van der Waals surface area contributed by atoms with E-state index in [2.05, 4.69) is 42.0 Å². The second-order valence-electron chi connectivity index (χ2n) is 5.90. The normalized spacial score (nSPS) is 15.2. The molecule has 1 aromatic carbocycles. The van der Waals surface area contributed by atoms with Gasteiger partial charge in [-0.1, -0.05) is 25.5 Å². The summed E-state index contributed by atoms with van der Waals surface area (Å²) in [4.78, 5) is 6.16. The minimum absolute atomic E-state index is 1.08. The Morgan fingerprint density at radius 2 is 2.10 bits per heavy atom. The van der Waals surface area contributed by atoms with E-state index in [0.717, 1.165) is 11.3 Å². The third kappa shape index (κ3) is 3.13. The Hall–Kier alpha value is -1.35. The molecule has 0 unspecified atom stereocenters. The zero-order chi connectivity index (χ0) is 14.7. The van der Waals surface area contributed by atoms with Crippen molar-refractivity contribution in [2.24, 2.45) is 4.99 Å².